The maximum absolute atomic E-state index is 6.45. The number of hydrazone groups is 1. The highest BCUT2D eigenvalue weighted by Crippen LogP contribution is 2.48. The Balaban J connectivity index is 1.57. The van der Waals surface area contributed by atoms with E-state index in [1.54, 1.807) is 11.3 Å². The van der Waals surface area contributed by atoms with Crippen LogP contribution >= 0.6 is 27.3 Å². The summed E-state index contributed by atoms with van der Waals surface area (Å²) in [4.78, 5) is 1.24. The lowest BCUT2D eigenvalue weighted by Crippen LogP contribution is -2.33. The van der Waals surface area contributed by atoms with Crippen molar-refractivity contribution in [2.24, 2.45) is 5.10 Å². The van der Waals surface area contributed by atoms with Gasteiger partial charge >= 0.3 is 0 Å². The fourth-order valence-corrected chi connectivity index (χ4v) is 5.02. The van der Waals surface area contributed by atoms with Gasteiger partial charge in [0.2, 0.25) is 6.23 Å². The van der Waals surface area contributed by atoms with Gasteiger partial charge in [0.05, 0.1) is 16.6 Å². The van der Waals surface area contributed by atoms with Gasteiger partial charge in [-0.1, -0.05) is 60.1 Å². The van der Waals surface area contributed by atoms with Crippen LogP contribution in [0.3, 0.4) is 0 Å². The molecule has 0 saturated heterocycles. The number of rotatable bonds is 3. The Morgan fingerprint density at radius 3 is 2.68 bits per heavy atom. The molecular weight excluding hydrogens is 432 g/mol. The first kappa shape index (κ1) is 18.0. The number of thiophene rings is 1. The van der Waals surface area contributed by atoms with Gasteiger partial charge in [-0.15, -0.1) is 11.3 Å². The topological polar surface area (TPSA) is 24.8 Å². The molecular formula is C23H21BrN2OS. The average molecular weight is 453 g/mol. The van der Waals surface area contributed by atoms with Crippen LogP contribution in [-0.4, -0.2) is 10.7 Å². The summed E-state index contributed by atoms with van der Waals surface area (Å²) in [5.41, 5.74) is 4.81. The van der Waals surface area contributed by atoms with Gasteiger partial charge in [-0.3, -0.25) is 0 Å². The summed E-state index contributed by atoms with van der Waals surface area (Å²) >= 11 is 5.36. The van der Waals surface area contributed by atoms with E-state index in [-0.39, 0.29) is 12.3 Å². The SMILES string of the molecule is CC(C)c1ccc([C@@H]2Oc3ccc(Br)cc3[C@H]3CC(c4cccs4)=NN32)cc1. The lowest BCUT2D eigenvalue weighted by molar-refractivity contribution is -0.0190. The second kappa shape index (κ2) is 7.05. The Morgan fingerprint density at radius 1 is 1.14 bits per heavy atom. The number of benzene rings is 2. The van der Waals surface area contributed by atoms with E-state index in [1.165, 1.54) is 16.0 Å². The van der Waals surface area contributed by atoms with Crippen LogP contribution in [0.2, 0.25) is 0 Å². The smallest absolute Gasteiger partial charge is 0.213 e. The fraction of sp³-hybridized carbons (Fsp3) is 0.261. The van der Waals surface area contributed by atoms with Crippen LogP contribution in [0, 0.1) is 0 Å². The molecule has 0 saturated carbocycles. The second-order valence-electron chi connectivity index (χ2n) is 7.60. The normalized spacial score (nSPS) is 20.6. The maximum atomic E-state index is 6.45. The van der Waals surface area contributed by atoms with E-state index < -0.39 is 0 Å². The van der Waals surface area contributed by atoms with Gasteiger partial charge in [0.25, 0.3) is 0 Å². The van der Waals surface area contributed by atoms with Crippen LogP contribution in [0.25, 0.3) is 0 Å². The highest BCUT2D eigenvalue weighted by atomic mass is 79.9. The Hall–Kier alpha value is -2.11. The Kier molecular flexibility index (Phi) is 4.52. The summed E-state index contributed by atoms with van der Waals surface area (Å²) in [7, 11) is 0. The number of halogens is 1. The van der Waals surface area contributed by atoms with Crippen LogP contribution in [0.4, 0.5) is 0 Å². The van der Waals surface area contributed by atoms with Crippen molar-refractivity contribution < 1.29 is 4.74 Å². The van der Waals surface area contributed by atoms with E-state index >= 15 is 0 Å². The van der Waals surface area contributed by atoms with E-state index in [9.17, 15) is 0 Å². The van der Waals surface area contributed by atoms with Crippen LogP contribution in [0.5, 0.6) is 5.75 Å². The van der Waals surface area contributed by atoms with Gasteiger partial charge in [-0.05, 0) is 41.1 Å². The molecule has 0 amide bonds. The molecule has 142 valence electrons. The molecule has 2 aromatic carbocycles. The quantitative estimate of drug-likeness (QED) is 0.432. The van der Waals surface area contributed by atoms with Crippen molar-refractivity contribution in [3.05, 3.63) is 86.0 Å². The lowest BCUT2D eigenvalue weighted by atomic mass is 9.97. The van der Waals surface area contributed by atoms with Gasteiger partial charge in [-0.25, -0.2) is 5.01 Å². The van der Waals surface area contributed by atoms with E-state index in [4.69, 9.17) is 9.84 Å². The molecule has 1 aromatic heterocycles. The first-order chi connectivity index (χ1) is 13.6. The second-order valence-corrected chi connectivity index (χ2v) is 9.46. The van der Waals surface area contributed by atoms with E-state index in [0.29, 0.717) is 5.92 Å². The minimum atomic E-state index is -0.211. The molecule has 0 radical (unpaired) electrons. The summed E-state index contributed by atoms with van der Waals surface area (Å²) in [5.74, 6) is 1.47. The zero-order valence-electron chi connectivity index (χ0n) is 15.8. The number of nitrogens with zero attached hydrogens (tertiary/aromatic N) is 2. The molecule has 0 spiro atoms. The first-order valence-electron chi connectivity index (χ1n) is 9.56. The standard InChI is InChI=1S/C23H21BrN2OS/c1-14(2)15-5-7-16(8-6-15)23-26-20(13-19(25-26)22-4-3-11-28-22)18-12-17(24)9-10-21(18)27-23/h3-12,14,20,23H,13H2,1-2H3/t20-,23+/m1/s1. The molecule has 2 atom stereocenters. The van der Waals surface area contributed by atoms with Crippen molar-refractivity contribution >= 4 is 33.0 Å². The fourth-order valence-electron chi connectivity index (χ4n) is 3.92. The molecule has 0 aliphatic carbocycles. The number of hydrogen-bond acceptors (Lipinski definition) is 4. The van der Waals surface area contributed by atoms with E-state index in [1.807, 2.05) is 6.07 Å². The predicted octanol–water partition coefficient (Wildman–Crippen LogP) is 6.88. The monoisotopic (exact) mass is 452 g/mol. The molecule has 0 unspecified atom stereocenters. The van der Waals surface area contributed by atoms with Gasteiger partial charge in [0.1, 0.15) is 5.75 Å². The maximum Gasteiger partial charge on any atom is 0.213 e. The Morgan fingerprint density at radius 2 is 1.96 bits per heavy atom. The largest absolute Gasteiger partial charge is 0.464 e. The van der Waals surface area contributed by atoms with Crippen molar-refractivity contribution in [1.82, 2.24) is 5.01 Å². The molecule has 0 bridgehead atoms. The van der Waals surface area contributed by atoms with Crippen molar-refractivity contribution in [3.63, 3.8) is 0 Å². The summed E-state index contributed by atoms with van der Waals surface area (Å²) in [6.07, 6.45) is 0.686. The molecule has 2 aliphatic heterocycles. The number of ether oxygens (including phenoxy) is 1. The number of fused-ring (bicyclic) bond motifs is 3. The van der Waals surface area contributed by atoms with Gasteiger partial charge < -0.3 is 4.74 Å². The third kappa shape index (κ3) is 3.07. The highest BCUT2D eigenvalue weighted by molar-refractivity contribution is 9.10. The summed E-state index contributed by atoms with van der Waals surface area (Å²) < 4.78 is 7.52. The van der Waals surface area contributed by atoms with Crippen LogP contribution < -0.4 is 4.74 Å². The van der Waals surface area contributed by atoms with Crippen molar-refractivity contribution in [2.75, 3.05) is 0 Å². The Labute approximate surface area is 177 Å². The number of hydrogen-bond donors (Lipinski definition) is 0. The zero-order valence-corrected chi connectivity index (χ0v) is 18.2. The first-order valence-corrected chi connectivity index (χ1v) is 11.2. The lowest BCUT2D eigenvalue weighted by Gasteiger charge is -2.38. The molecule has 5 heteroatoms. The van der Waals surface area contributed by atoms with Gasteiger partial charge in [-0.2, -0.15) is 5.10 Å². The van der Waals surface area contributed by atoms with E-state index in [0.717, 1.165) is 27.9 Å². The Bertz CT molecular complexity index is 1030. The molecule has 0 N–H and O–H groups in total. The summed E-state index contributed by atoms with van der Waals surface area (Å²) in [6, 6.07) is 19.5. The van der Waals surface area contributed by atoms with Crippen molar-refractivity contribution in [1.29, 1.82) is 0 Å². The van der Waals surface area contributed by atoms with E-state index in [2.05, 4.69) is 88.7 Å². The van der Waals surface area contributed by atoms with Crippen molar-refractivity contribution in [2.45, 2.75) is 38.5 Å². The molecule has 2 aliphatic rings. The molecule has 0 fully saturated rings. The minimum Gasteiger partial charge on any atom is -0.464 e. The minimum absolute atomic E-state index is 0.188. The van der Waals surface area contributed by atoms with Crippen LogP contribution in [0.15, 0.2) is 69.6 Å². The predicted molar refractivity (Wildman–Crippen MR) is 118 cm³/mol. The summed E-state index contributed by atoms with van der Waals surface area (Å²) in [5, 5.41) is 9.27. The molecule has 3 aromatic rings. The van der Waals surface area contributed by atoms with Crippen LogP contribution in [0.1, 0.15) is 60.0 Å². The van der Waals surface area contributed by atoms with Crippen molar-refractivity contribution in [3.8, 4) is 5.75 Å². The summed E-state index contributed by atoms with van der Waals surface area (Å²) in [6.45, 7) is 4.43. The third-order valence-electron chi connectivity index (χ3n) is 5.45. The molecule has 3 nitrogen and oxygen atoms in total. The third-order valence-corrected chi connectivity index (χ3v) is 6.86. The average Bonchev–Trinajstić information content (AvgIpc) is 3.37. The van der Waals surface area contributed by atoms with Gasteiger partial charge in [0, 0.05) is 22.0 Å². The molecule has 5 rings (SSSR count). The molecule has 28 heavy (non-hydrogen) atoms. The highest BCUT2D eigenvalue weighted by Gasteiger charge is 2.41. The molecule has 3 heterocycles. The van der Waals surface area contributed by atoms with Gasteiger partial charge in [0.15, 0.2) is 0 Å². The van der Waals surface area contributed by atoms with Crippen LogP contribution in [-0.2, 0) is 0 Å². The zero-order chi connectivity index (χ0) is 19.3.